The first-order valence-corrected chi connectivity index (χ1v) is 6.33. The first kappa shape index (κ1) is 12.5. The van der Waals surface area contributed by atoms with E-state index in [2.05, 4.69) is 5.43 Å². The van der Waals surface area contributed by atoms with E-state index in [4.69, 9.17) is 17.4 Å². The fourth-order valence-electron chi connectivity index (χ4n) is 1.72. The highest BCUT2D eigenvalue weighted by Gasteiger charge is 2.16. The number of aryl methyl sites for hydroxylation is 1. The smallest absolute Gasteiger partial charge is 0.124 e. The van der Waals surface area contributed by atoms with Crippen LogP contribution >= 0.6 is 22.9 Å². The van der Waals surface area contributed by atoms with E-state index in [0.29, 0.717) is 5.02 Å². The number of hydrazine groups is 1. The van der Waals surface area contributed by atoms with E-state index >= 15 is 0 Å². The Morgan fingerprint density at radius 1 is 1.41 bits per heavy atom. The van der Waals surface area contributed by atoms with Crippen LogP contribution in [-0.2, 0) is 0 Å². The standard InChI is InChI=1S/C12H12ClFN2S/c1-7-4-8(6-17-7)12(16-15)10-3-2-9(14)5-11(10)13/h2-6,12,16H,15H2,1H3. The lowest BCUT2D eigenvalue weighted by Gasteiger charge is -2.16. The van der Waals surface area contributed by atoms with Crippen LogP contribution in [-0.4, -0.2) is 0 Å². The predicted molar refractivity (Wildman–Crippen MR) is 69.6 cm³/mol. The quantitative estimate of drug-likeness (QED) is 0.663. The van der Waals surface area contributed by atoms with Gasteiger partial charge in [-0.05, 0) is 41.6 Å². The minimum Gasteiger partial charge on any atom is -0.271 e. The van der Waals surface area contributed by atoms with Crippen LogP contribution in [0.1, 0.15) is 22.0 Å². The monoisotopic (exact) mass is 270 g/mol. The van der Waals surface area contributed by atoms with E-state index in [9.17, 15) is 4.39 Å². The van der Waals surface area contributed by atoms with Gasteiger partial charge in [0.2, 0.25) is 0 Å². The van der Waals surface area contributed by atoms with Crippen molar-refractivity contribution in [3.8, 4) is 0 Å². The molecule has 90 valence electrons. The molecule has 1 heterocycles. The van der Waals surface area contributed by atoms with Gasteiger partial charge in [-0.2, -0.15) is 0 Å². The van der Waals surface area contributed by atoms with Gasteiger partial charge in [-0.15, -0.1) is 11.3 Å². The molecule has 0 fully saturated rings. The van der Waals surface area contributed by atoms with Gasteiger partial charge in [-0.3, -0.25) is 5.84 Å². The molecule has 1 aromatic carbocycles. The molecule has 0 saturated heterocycles. The van der Waals surface area contributed by atoms with Crippen molar-refractivity contribution in [1.82, 2.24) is 5.43 Å². The van der Waals surface area contributed by atoms with Gasteiger partial charge >= 0.3 is 0 Å². The lowest BCUT2D eigenvalue weighted by molar-refractivity contribution is 0.616. The number of nitrogens with two attached hydrogens (primary N) is 1. The lowest BCUT2D eigenvalue weighted by atomic mass is 10.0. The van der Waals surface area contributed by atoms with Gasteiger partial charge < -0.3 is 0 Å². The molecule has 0 aliphatic heterocycles. The number of halogens is 2. The van der Waals surface area contributed by atoms with Crippen molar-refractivity contribution in [2.24, 2.45) is 5.84 Å². The highest BCUT2D eigenvalue weighted by atomic mass is 35.5. The van der Waals surface area contributed by atoms with Gasteiger partial charge in [0.1, 0.15) is 5.82 Å². The first-order valence-electron chi connectivity index (χ1n) is 5.08. The summed E-state index contributed by atoms with van der Waals surface area (Å²) in [7, 11) is 0. The Morgan fingerprint density at radius 3 is 2.71 bits per heavy atom. The molecule has 2 rings (SSSR count). The number of benzene rings is 1. The molecule has 1 aromatic heterocycles. The molecule has 0 spiro atoms. The first-order chi connectivity index (χ1) is 8.11. The molecular weight excluding hydrogens is 259 g/mol. The molecule has 2 nitrogen and oxygen atoms in total. The normalized spacial score (nSPS) is 12.7. The summed E-state index contributed by atoms with van der Waals surface area (Å²) in [6.45, 7) is 2.02. The summed E-state index contributed by atoms with van der Waals surface area (Å²) in [5.74, 6) is 5.20. The van der Waals surface area contributed by atoms with Crippen LogP contribution in [0.15, 0.2) is 29.6 Å². The van der Waals surface area contributed by atoms with Crippen molar-refractivity contribution >= 4 is 22.9 Å². The number of hydrogen-bond donors (Lipinski definition) is 2. The van der Waals surface area contributed by atoms with Gasteiger partial charge in [0.05, 0.1) is 6.04 Å². The second-order valence-corrected chi connectivity index (χ2v) is 5.28. The molecule has 0 saturated carbocycles. The fourth-order valence-corrected chi connectivity index (χ4v) is 2.72. The summed E-state index contributed by atoms with van der Waals surface area (Å²) >= 11 is 7.67. The van der Waals surface area contributed by atoms with Crippen LogP contribution in [0.2, 0.25) is 5.02 Å². The van der Waals surface area contributed by atoms with Crippen molar-refractivity contribution in [2.75, 3.05) is 0 Å². The lowest BCUT2D eigenvalue weighted by Crippen LogP contribution is -2.28. The van der Waals surface area contributed by atoms with Crippen molar-refractivity contribution in [3.05, 3.63) is 56.5 Å². The van der Waals surface area contributed by atoms with Crippen molar-refractivity contribution < 1.29 is 4.39 Å². The van der Waals surface area contributed by atoms with Gasteiger partial charge in [0.25, 0.3) is 0 Å². The van der Waals surface area contributed by atoms with Crippen molar-refractivity contribution in [3.63, 3.8) is 0 Å². The van der Waals surface area contributed by atoms with E-state index < -0.39 is 0 Å². The Kier molecular flexibility index (Phi) is 3.79. The molecule has 0 amide bonds. The average Bonchev–Trinajstić information content (AvgIpc) is 2.69. The van der Waals surface area contributed by atoms with Crippen molar-refractivity contribution in [2.45, 2.75) is 13.0 Å². The van der Waals surface area contributed by atoms with Crippen LogP contribution in [0.3, 0.4) is 0 Å². The minimum atomic E-state index is -0.351. The van der Waals surface area contributed by atoms with Gasteiger partial charge in [0.15, 0.2) is 0 Å². The van der Waals surface area contributed by atoms with Crippen molar-refractivity contribution in [1.29, 1.82) is 0 Å². The number of hydrogen-bond acceptors (Lipinski definition) is 3. The second kappa shape index (κ2) is 5.14. The van der Waals surface area contributed by atoms with Gasteiger partial charge in [0, 0.05) is 9.90 Å². The zero-order valence-corrected chi connectivity index (χ0v) is 10.8. The highest BCUT2D eigenvalue weighted by molar-refractivity contribution is 7.10. The van der Waals surface area contributed by atoms with E-state index in [-0.39, 0.29) is 11.9 Å². The van der Waals surface area contributed by atoms with Gasteiger partial charge in [-0.1, -0.05) is 17.7 Å². The summed E-state index contributed by atoms with van der Waals surface area (Å²) < 4.78 is 13.0. The Labute approximate surface area is 108 Å². The summed E-state index contributed by atoms with van der Waals surface area (Å²) in [6.07, 6.45) is 0. The zero-order valence-electron chi connectivity index (χ0n) is 9.21. The third kappa shape index (κ3) is 2.66. The van der Waals surface area contributed by atoms with Crippen LogP contribution in [0.4, 0.5) is 4.39 Å². The van der Waals surface area contributed by atoms with Crippen LogP contribution in [0.5, 0.6) is 0 Å². The summed E-state index contributed by atoms with van der Waals surface area (Å²) in [6, 6.07) is 6.14. The number of nitrogens with one attached hydrogen (secondary N) is 1. The molecule has 0 aliphatic carbocycles. The van der Waals surface area contributed by atoms with Crippen LogP contribution < -0.4 is 11.3 Å². The van der Waals surface area contributed by atoms with Crippen LogP contribution in [0.25, 0.3) is 0 Å². The molecule has 0 bridgehead atoms. The highest BCUT2D eigenvalue weighted by Crippen LogP contribution is 2.30. The maximum atomic E-state index is 13.0. The largest absolute Gasteiger partial charge is 0.271 e. The molecule has 0 radical (unpaired) electrons. The Balaban J connectivity index is 2.42. The third-order valence-corrected chi connectivity index (χ3v) is 3.73. The number of thiophene rings is 1. The maximum absolute atomic E-state index is 13.0. The summed E-state index contributed by atoms with van der Waals surface area (Å²) in [5.41, 5.74) is 4.51. The average molecular weight is 271 g/mol. The summed E-state index contributed by atoms with van der Waals surface area (Å²) in [5, 5.41) is 2.39. The Hall–Kier alpha value is -0.940. The Morgan fingerprint density at radius 2 is 2.18 bits per heavy atom. The molecular formula is C12H12ClFN2S. The summed E-state index contributed by atoms with van der Waals surface area (Å²) in [4.78, 5) is 1.19. The predicted octanol–water partition coefficient (Wildman–Crippen LogP) is 3.40. The SMILES string of the molecule is Cc1cc(C(NN)c2ccc(F)cc2Cl)cs1. The van der Waals surface area contributed by atoms with E-state index in [0.717, 1.165) is 11.1 Å². The molecule has 17 heavy (non-hydrogen) atoms. The van der Waals surface area contributed by atoms with E-state index in [1.165, 1.54) is 17.0 Å². The van der Waals surface area contributed by atoms with E-state index in [1.807, 2.05) is 18.4 Å². The zero-order chi connectivity index (χ0) is 12.4. The number of rotatable bonds is 3. The molecule has 3 N–H and O–H groups in total. The van der Waals surface area contributed by atoms with E-state index in [1.54, 1.807) is 17.4 Å². The minimum absolute atomic E-state index is 0.215. The molecule has 1 unspecified atom stereocenters. The molecule has 5 heteroatoms. The molecule has 2 aromatic rings. The Bertz CT molecular complexity index is 527. The van der Waals surface area contributed by atoms with Gasteiger partial charge in [-0.25, -0.2) is 9.82 Å². The third-order valence-electron chi connectivity index (χ3n) is 2.52. The topological polar surface area (TPSA) is 38.0 Å². The second-order valence-electron chi connectivity index (χ2n) is 3.76. The fraction of sp³-hybridized carbons (Fsp3) is 0.167. The van der Waals surface area contributed by atoms with Crippen LogP contribution in [0, 0.1) is 12.7 Å². The maximum Gasteiger partial charge on any atom is 0.124 e. The molecule has 0 aliphatic rings. The molecule has 1 atom stereocenters.